The quantitative estimate of drug-likeness (QED) is 0.443. The Balaban J connectivity index is 2.65. The van der Waals surface area contributed by atoms with Crippen molar-refractivity contribution in [1.82, 2.24) is 0 Å². The van der Waals surface area contributed by atoms with Crippen LogP contribution in [0.3, 0.4) is 0 Å². The summed E-state index contributed by atoms with van der Waals surface area (Å²) in [6, 6.07) is 1.80. The van der Waals surface area contributed by atoms with Gasteiger partial charge in [-0.25, -0.2) is 0 Å². The van der Waals surface area contributed by atoms with Gasteiger partial charge in [0, 0.05) is 22.7 Å². The highest BCUT2D eigenvalue weighted by Gasteiger charge is 1.93. The molecule has 1 rings (SSSR count). The molecule has 0 aliphatic heterocycles. The predicted octanol–water partition coefficient (Wildman–Crippen LogP) is 2.70. The number of aldehydes is 1. The normalized spacial score (nSPS) is 8.75. The van der Waals surface area contributed by atoms with Gasteiger partial charge in [-0.3, -0.25) is 4.79 Å². The molecule has 0 saturated heterocycles. The van der Waals surface area contributed by atoms with E-state index in [0.717, 1.165) is 28.5 Å². The predicted molar refractivity (Wildman–Crippen MR) is 55.0 cm³/mol. The van der Waals surface area contributed by atoms with Crippen LogP contribution in [-0.2, 0) is 0 Å². The van der Waals surface area contributed by atoms with Crippen molar-refractivity contribution in [3.63, 3.8) is 0 Å². The molecule has 0 fully saturated rings. The maximum Gasteiger partial charge on any atom is 0.160 e. The van der Waals surface area contributed by atoms with Crippen LogP contribution in [-0.4, -0.2) is 11.6 Å². The third kappa shape index (κ3) is 2.80. The van der Waals surface area contributed by atoms with Gasteiger partial charge in [0.1, 0.15) is 0 Å². The van der Waals surface area contributed by atoms with Gasteiger partial charge >= 0.3 is 0 Å². The summed E-state index contributed by atoms with van der Waals surface area (Å²) in [5.74, 6) is 5.95. The summed E-state index contributed by atoms with van der Waals surface area (Å²) in [4.78, 5) is 11.0. The third-order valence-electron chi connectivity index (χ3n) is 1.19. The van der Waals surface area contributed by atoms with Crippen LogP contribution in [0.2, 0.25) is 0 Å². The van der Waals surface area contributed by atoms with Crippen LogP contribution in [0.5, 0.6) is 0 Å². The zero-order valence-electron chi connectivity index (χ0n) is 6.34. The lowest BCUT2D eigenvalue weighted by Crippen LogP contribution is -1.69. The number of hydrogen-bond acceptors (Lipinski definition) is 2. The smallest absolute Gasteiger partial charge is 0.160 e. The molecule has 0 radical (unpaired) electrons. The van der Waals surface area contributed by atoms with E-state index in [0.29, 0.717) is 0 Å². The van der Waals surface area contributed by atoms with Gasteiger partial charge in [-0.1, -0.05) is 27.8 Å². The minimum atomic E-state index is 0.734. The Labute approximate surface area is 83.9 Å². The van der Waals surface area contributed by atoms with Gasteiger partial charge in [0.05, 0.1) is 4.88 Å². The lowest BCUT2D eigenvalue weighted by Gasteiger charge is -1.77. The number of carbonyl (C=O) groups excluding carboxylic acids is 1. The van der Waals surface area contributed by atoms with Crippen molar-refractivity contribution < 1.29 is 4.79 Å². The number of alkyl halides is 1. The van der Waals surface area contributed by atoms with E-state index in [1.165, 1.54) is 11.3 Å². The van der Waals surface area contributed by atoms with Crippen LogP contribution >= 0.6 is 27.3 Å². The van der Waals surface area contributed by atoms with E-state index in [2.05, 4.69) is 27.8 Å². The first-order valence-corrected chi connectivity index (χ1v) is 5.45. The highest BCUT2D eigenvalue weighted by atomic mass is 79.9. The number of halogens is 1. The second-order valence-corrected chi connectivity index (χ2v) is 3.83. The lowest BCUT2D eigenvalue weighted by molar-refractivity contribution is 0.112. The summed E-state index contributed by atoms with van der Waals surface area (Å²) in [5.41, 5.74) is 0.933. The average Bonchev–Trinajstić information content (AvgIpc) is 2.53. The summed E-state index contributed by atoms with van der Waals surface area (Å²) in [6.07, 6.45) is 1.69. The SMILES string of the molecule is O=Cc1cc(C#CCCBr)cs1. The van der Waals surface area contributed by atoms with Crippen LogP contribution in [0.25, 0.3) is 0 Å². The van der Waals surface area contributed by atoms with Gasteiger partial charge in [0.25, 0.3) is 0 Å². The zero-order chi connectivity index (χ0) is 8.81. The lowest BCUT2D eigenvalue weighted by atomic mass is 10.3. The van der Waals surface area contributed by atoms with Crippen LogP contribution in [0, 0.1) is 11.8 Å². The van der Waals surface area contributed by atoms with E-state index in [1.54, 1.807) is 6.07 Å². The fourth-order valence-corrected chi connectivity index (χ4v) is 1.53. The summed E-state index contributed by atoms with van der Waals surface area (Å²) in [7, 11) is 0. The van der Waals surface area contributed by atoms with Gasteiger partial charge in [-0.2, -0.15) is 0 Å². The topological polar surface area (TPSA) is 17.1 Å². The molecule has 0 aliphatic carbocycles. The van der Waals surface area contributed by atoms with Crippen molar-refractivity contribution in [2.45, 2.75) is 6.42 Å². The Bertz CT molecular complexity index is 319. The summed E-state index contributed by atoms with van der Waals surface area (Å²) < 4.78 is 0. The van der Waals surface area contributed by atoms with E-state index in [4.69, 9.17) is 0 Å². The summed E-state index contributed by atoms with van der Waals surface area (Å²) in [5, 5.41) is 2.79. The molecular weight excluding hydrogens is 236 g/mol. The van der Waals surface area contributed by atoms with E-state index in [1.807, 2.05) is 5.38 Å². The first-order valence-electron chi connectivity index (χ1n) is 3.45. The summed E-state index contributed by atoms with van der Waals surface area (Å²) >= 11 is 4.71. The summed E-state index contributed by atoms with van der Waals surface area (Å²) in [6.45, 7) is 0. The molecule has 1 aromatic heterocycles. The number of thiophene rings is 1. The largest absolute Gasteiger partial charge is 0.297 e. The van der Waals surface area contributed by atoms with Gasteiger partial charge in [-0.15, -0.1) is 11.3 Å². The zero-order valence-corrected chi connectivity index (χ0v) is 8.74. The third-order valence-corrected chi connectivity index (χ3v) is 2.44. The minimum absolute atomic E-state index is 0.734. The maximum absolute atomic E-state index is 10.3. The molecule has 0 saturated carbocycles. The van der Waals surface area contributed by atoms with Crippen LogP contribution in [0.15, 0.2) is 11.4 Å². The molecule has 0 atom stereocenters. The first-order chi connectivity index (χ1) is 5.86. The van der Waals surface area contributed by atoms with Gasteiger partial charge in [0.15, 0.2) is 6.29 Å². The highest BCUT2D eigenvalue weighted by molar-refractivity contribution is 9.09. The van der Waals surface area contributed by atoms with E-state index in [9.17, 15) is 4.79 Å². The molecular formula is C9H7BrOS. The second-order valence-electron chi connectivity index (χ2n) is 2.10. The number of hydrogen-bond donors (Lipinski definition) is 0. The van der Waals surface area contributed by atoms with E-state index >= 15 is 0 Å². The molecule has 0 N–H and O–H groups in total. The molecule has 12 heavy (non-hydrogen) atoms. The van der Waals surface area contributed by atoms with Crippen LogP contribution in [0.4, 0.5) is 0 Å². The van der Waals surface area contributed by atoms with Crippen LogP contribution in [0.1, 0.15) is 21.7 Å². The number of carbonyl (C=O) groups is 1. The van der Waals surface area contributed by atoms with Crippen molar-refractivity contribution in [2.75, 3.05) is 5.33 Å². The molecule has 1 aromatic rings. The Hall–Kier alpha value is -0.590. The van der Waals surface area contributed by atoms with Crippen molar-refractivity contribution >= 4 is 33.6 Å². The Morgan fingerprint density at radius 2 is 2.50 bits per heavy atom. The van der Waals surface area contributed by atoms with E-state index < -0.39 is 0 Å². The molecule has 0 aromatic carbocycles. The molecule has 0 spiro atoms. The molecule has 1 heterocycles. The monoisotopic (exact) mass is 242 g/mol. The van der Waals surface area contributed by atoms with Crippen molar-refractivity contribution in [2.24, 2.45) is 0 Å². The highest BCUT2D eigenvalue weighted by Crippen LogP contribution is 2.10. The van der Waals surface area contributed by atoms with E-state index in [-0.39, 0.29) is 0 Å². The molecule has 0 unspecified atom stereocenters. The minimum Gasteiger partial charge on any atom is -0.297 e. The molecule has 0 aliphatic rings. The Morgan fingerprint density at radius 1 is 1.67 bits per heavy atom. The van der Waals surface area contributed by atoms with Gasteiger partial charge in [0.2, 0.25) is 0 Å². The standard InChI is InChI=1S/C9H7BrOS/c10-4-2-1-3-8-5-9(6-11)12-7-8/h5-7H,2,4H2. The molecule has 3 heteroatoms. The molecule has 1 nitrogen and oxygen atoms in total. The van der Waals surface area contributed by atoms with Gasteiger partial charge in [-0.05, 0) is 6.07 Å². The van der Waals surface area contributed by atoms with Crippen LogP contribution < -0.4 is 0 Å². The van der Waals surface area contributed by atoms with Crippen molar-refractivity contribution in [3.05, 3.63) is 21.9 Å². The maximum atomic E-state index is 10.3. The van der Waals surface area contributed by atoms with Gasteiger partial charge < -0.3 is 0 Å². The van der Waals surface area contributed by atoms with Crippen molar-refractivity contribution in [3.8, 4) is 11.8 Å². The Morgan fingerprint density at radius 3 is 3.08 bits per heavy atom. The fraction of sp³-hybridized carbons (Fsp3) is 0.222. The second kappa shape index (κ2) is 5.13. The molecule has 0 bridgehead atoms. The first kappa shape index (κ1) is 9.50. The average molecular weight is 243 g/mol. The fourth-order valence-electron chi connectivity index (χ4n) is 0.692. The molecule has 62 valence electrons. The number of rotatable bonds is 2. The van der Waals surface area contributed by atoms with Crippen molar-refractivity contribution in [1.29, 1.82) is 0 Å². The molecule has 0 amide bonds. The Kier molecular flexibility index (Phi) is 4.06.